The Hall–Kier alpha value is -1.68. The zero-order valence-electron chi connectivity index (χ0n) is 11.1. The largest absolute Gasteiger partial charge is 0.326 e. The van der Waals surface area contributed by atoms with Gasteiger partial charge in [-0.05, 0) is 25.8 Å². The summed E-state index contributed by atoms with van der Waals surface area (Å²) in [6.07, 6.45) is 4.41. The van der Waals surface area contributed by atoms with Crippen LogP contribution in [0.4, 0.5) is 4.39 Å². The number of hydrogen-bond acceptors (Lipinski definition) is 2. The SMILES string of the molecule is Cc1ncc(CNC2CC2)n1Cc1ccccc1F. The van der Waals surface area contributed by atoms with Crippen molar-refractivity contribution in [1.29, 1.82) is 0 Å². The molecular formula is C15H18FN3. The average molecular weight is 259 g/mol. The van der Waals surface area contributed by atoms with Gasteiger partial charge >= 0.3 is 0 Å². The third-order valence-corrected chi connectivity index (χ3v) is 3.57. The molecule has 19 heavy (non-hydrogen) atoms. The van der Waals surface area contributed by atoms with Crippen molar-refractivity contribution in [2.45, 2.75) is 38.9 Å². The van der Waals surface area contributed by atoms with Gasteiger partial charge in [-0.3, -0.25) is 0 Å². The lowest BCUT2D eigenvalue weighted by Crippen LogP contribution is -2.19. The Morgan fingerprint density at radius 1 is 1.37 bits per heavy atom. The maximum absolute atomic E-state index is 13.7. The topological polar surface area (TPSA) is 29.9 Å². The minimum atomic E-state index is -0.156. The molecule has 1 heterocycles. The Morgan fingerprint density at radius 2 is 2.16 bits per heavy atom. The summed E-state index contributed by atoms with van der Waals surface area (Å²) in [6, 6.07) is 7.58. The van der Waals surface area contributed by atoms with Gasteiger partial charge in [0.25, 0.3) is 0 Å². The zero-order valence-corrected chi connectivity index (χ0v) is 11.1. The standard InChI is InChI=1S/C15H18FN3/c1-11-17-8-14(9-18-13-6-7-13)19(11)10-12-4-2-3-5-15(12)16/h2-5,8,13,18H,6-7,9-10H2,1H3. The molecule has 2 aromatic rings. The summed E-state index contributed by atoms with van der Waals surface area (Å²) < 4.78 is 15.8. The van der Waals surface area contributed by atoms with Crippen molar-refractivity contribution >= 4 is 0 Å². The Kier molecular flexibility index (Phi) is 3.34. The van der Waals surface area contributed by atoms with E-state index < -0.39 is 0 Å². The van der Waals surface area contributed by atoms with E-state index in [1.54, 1.807) is 6.07 Å². The summed E-state index contributed by atoms with van der Waals surface area (Å²) in [5.41, 5.74) is 1.82. The molecule has 0 bridgehead atoms. The fourth-order valence-electron chi connectivity index (χ4n) is 2.21. The monoisotopic (exact) mass is 259 g/mol. The number of hydrogen-bond donors (Lipinski definition) is 1. The second-order valence-corrected chi connectivity index (χ2v) is 5.13. The van der Waals surface area contributed by atoms with Crippen molar-refractivity contribution in [2.24, 2.45) is 0 Å². The van der Waals surface area contributed by atoms with Crippen LogP contribution in [0.5, 0.6) is 0 Å². The zero-order chi connectivity index (χ0) is 13.2. The molecule has 1 N–H and O–H groups in total. The van der Waals surface area contributed by atoms with Crippen LogP contribution in [0.15, 0.2) is 30.5 Å². The van der Waals surface area contributed by atoms with Crippen LogP contribution in [0.1, 0.15) is 29.9 Å². The summed E-state index contributed by atoms with van der Waals surface area (Å²) in [4.78, 5) is 4.34. The van der Waals surface area contributed by atoms with E-state index in [4.69, 9.17) is 0 Å². The highest BCUT2D eigenvalue weighted by Gasteiger charge is 2.21. The number of nitrogens with zero attached hydrogens (tertiary/aromatic N) is 2. The molecule has 100 valence electrons. The predicted molar refractivity (Wildman–Crippen MR) is 72.3 cm³/mol. The highest BCUT2D eigenvalue weighted by molar-refractivity contribution is 5.19. The molecule has 1 fully saturated rings. The first kappa shape index (κ1) is 12.4. The van der Waals surface area contributed by atoms with E-state index in [-0.39, 0.29) is 5.82 Å². The number of halogens is 1. The lowest BCUT2D eigenvalue weighted by atomic mass is 10.2. The van der Waals surface area contributed by atoms with Crippen LogP contribution in [0.25, 0.3) is 0 Å². The van der Waals surface area contributed by atoms with Crippen LogP contribution >= 0.6 is 0 Å². The predicted octanol–water partition coefficient (Wildman–Crippen LogP) is 2.63. The molecule has 0 radical (unpaired) electrons. The maximum Gasteiger partial charge on any atom is 0.128 e. The van der Waals surface area contributed by atoms with Crippen LogP contribution in [0.2, 0.25) is 0 Å². The lowest BCUT2D eigenvalue weighted by molar-refractivity contribution is 0.582. The molecule has 3 nitrogen and oxygen atoms in total. The molecule has 1 aromatic carbocycles. The summed E-state index contributed by atoms with van der Waals surface area (Å²) in [6.45, 7) is 3.31. The molecule has 0 aliphatic heterocycles. The molecule has 1 aliphatic carbocycles. The molecule has 0 amide bonds. The van der Waals surface area contributed by atoms with Crippen LogP contribution in [-0.2, 0) is 13.1 Å². The van der Waals surface area contributed by atoms with Crippen LogP contribution in [-0.4, -0.2) is 15.6 Å². The fraction of sp³-hybridized carbons (Fsp3) is 0.400. The summed E-state index contributed by atoms with van der Waals surface area (Å²) in [7, 11) is 0. The van der Waals surface area contributed by atoms with Crippen molar-refractivity contribution in [3.63, 3.8) is 0 Å². The summed E-state index contributed by atoms with van der Waals surface area (Å²) in [5, 5.41) is 3.47. The number of benzene rings is 1. The van der Waals surface area contributed by atoms with Crippen molar-refractivity contribution in [3.8, 4) is 0 Å². The van der Waals surface area contributed by atoms with Gasteiger partial charge in [-0.2, -0.15) is 0 Å². The molecule has 0 atom stereocenters. The molecular weight excluding hydrogens is 241 g/mol. The van der Waals surface area contributed by atoms with Gasteiger partial charge in [0.15, 0.2) is 0 Å². The lowest BCUT2D eigenvalue weighted by Gasteiger charge is -2.11. The summed E-state index contributed by atoms with van der Waals surface area (Å²) in [5.74, 6) is 0.771. The number of aromatic nitrogens is 2. The van der Waals surface area contributed by atoms with Gasteiger partial charge in [0.1, 0.15) is 11.6 Å². The number of imidazole rings is 1. The molecule has 3 rings (SSSR count). The van der Waals surface area contributed by atoms with Crippen molar-refractivity contribution in [3.05, 3.63) is 53.4 Å². The molecule has 1 aromatic heterocycles. The van der Waals surface area contributed by atoms with E-state index >= 15 is 0 Å². The Bertz CT molecular complexity index is 573. The maximum atomic E-state index is 13.7. The number of aryl methyl sites for hydroxylation is 1. The highest BCUT2D eigenvalue weighted by Crippen LogP contribution is 2.20. The molecule has 4 heteroatoms. The Morgan fingerprint density at radius 3 is 2.89 bits per heavy atom. The van der Waals surface area contributed by atoms with E-state index in [0.717, 1.165) is 18.1 Å². The van der Waals surface area contributed by atoms with Crippen molar-refractivity contribution in [2.75, 3.05) is 0 Å². The van der Waals surface area contributed by atoms with E-state index in [1.165, 1.54) is 18.9 Å². The quantitative estimate of drug-likeness (QED) is 0.894. The van der Waals surface area contributed by atoms with E-state index in [9.17, 15) is 4.39 Å². The summed E-state index contributed by atoms with van der Waals surface area (Å²) >= 11 is 0. The van der Waals surface area contributed by atoms with Gasteiger partial charge in [0.05, 0.1) is 12.2 Å². The van der Waals surface area contributed by atoms with Gasteiger partial charge in [-0.15, -0.1) is 0 Å². The van der Waals surface area contributed by atoms with Gasteiger partial charge < -0.3 is 9.88 Å². The second kappa shape index (κ2) is 5.13. The Balaban J connectivity index is 1.79. The number of nitrogens with one attached hydrogen (secondary N) is 1. The minimum Gasteiger partial charge on any atom is -0.326 e. The van der Waals surface area contributed by atoms with Gasteiger partial charge in [-0.1, -0.05) is 18.2 Å². The normalized spacial score (nSPS) is 14.8. The third-order valence-electron chi connectivity index (χ3n) is 3.57. The molecule has 0 unspecified atom stereocenters. The molecule has 0 saturated heterocycles. The van der Waals surface area contributed by atoms with Gasteiger partial charge in [0.2, 0.25) is 0 Å². The van der Waals surface area contributed by atoms with E-state index in [2.05, 4.69) is 14.9 Å². The van der Waals surface area contributed by atoms with Gasteiger partial charge in [0, 0.05) is 24.3 Å². The van der Waals surface area contributed by atoms with Crippen LogP contribution < -0.4 is 5.32 Å². The molecule has 0 spiro atoms. The third kappa shape index (κ3) is 2.84. The first-order chi connectivity index (χ1) is 9.24. The van der Waals surface area contributed by atoms with Crippen LogP contribution in [0.3, 0.4) is 0 Å². The smallest absolute Gasteiger partial charge is 0.128 e. The van der Waals surface area contributed by atoms with E-state index in [1.807, 2.05) is 25.3 Å². The minimum absolute atomic E-state index is 0.156. The van der Waals surface area contributed by atoms with E-state index in [0.29, 0.717) is 18.2 Å². The second-order valence-electron chi connectivity index (χ2n) is 5.13. The fourth-order valence-corrected chi connectivity index (χ4v) is 2.21. The van der Waals surface area contributed by atoms with Crippen molar-refractivity contribution < 1.29 is 4.39 Å². The number of rotatable bonds is 5. The van der Waals surface area contributed by atoms with Crippen LogP contribution in [0, 0.1) is 12.7 Å². The van der Waals surface area contributed by atoms with Gasteiger partial charge in [-0.25, -0.2) is 9.37 Å². The Labute approximate surface area is 112 Å². The van der Waals surface area contributed by atoms with Crippen molar-refractivity contribution in [1.82, 2.24) is 14.9 Å². The average Bonchev–Trinajstić information content (AvgIpc) is 3.17. The first-order valence-corrected chi connectivity index (χ1v) is 6.72. The molecule has 1 saturated carbocycles. The molecule has 1 aliphatic rings. The highest BCUT2D eigenvalue weighted by atomic mass is 19.1. The first-order valence-electron chi connectivity index (χ1n) is 6.72.